The summed E-state index contributed by atoms with van der Waals surface area (Å²) in [5, 5.41) is -0.197. The van der Waals surface area contributed by atoms with Crippen LogP contribution < -0.4 is 0 Å². The number of rotatable bonds is 5. The maximum atomic E-state index is 11.7. The Labute approximate surface area is 105 Å². The molecule has 98 valence electrons. The number of pyridine rings is 1. The fourth-order valence-corrected chi connectivity index (χ4v) is 1.82. The summed E-state index contributed by atoms with van der Waals surface area (Å²) < 4.78 is 27.2. The number of Topliss-reactive ketones (excluding diaryl/α,β-unsaturated/α-hetero) is 1. The number of sulfone groups is 1. The molecule has 0 aliphatic heterocycles. The Balaban J connectivity index is 2.91. The minimum absolute atomic E-state index is 0.124. The molecule has 6 nitrogen and oxygen atoms in total. The van der Waals surface area contributed by atoms with Gasteiger partial charge in [-0.25, -0.2) is 13.4 Å². The van der Waals surface area contributed by atoms with Gasteiger partial charge < -0.3 is 4.74 Å². The zero-order valence-corrected chi connectivity index (χ0v) is 10.9. The van der Waals surface area contributed by atoms with E-state index in [4.69, 9.17) is 0 Å². The van der Waals surface area contributed by atoms with E-state index in [1.807, 2.05) is 0 Å². The molecular weight excluding hydrogens is 258 g/mol. The lowest BCUT2D eigenvalue weighted by molar-refractivity contribution is -0.141. The van der Waals surface area contributed by atoms with Crippen LogP contribution in [0.5, 0.6) is 0 Å². The van der Waals surface area contributed by atoms with Gasteiger partial charge in [-0.1, -0.05) is 0 Å². The molecule has 0 saturated carbocycles. The van der Waals surface area contributed by atoms with E-state index in [2.05, 4.69) is 9.72 Å². The van der Waals surface area contributed by atoms with Gasteiger partial charge in [-0.3, -0.25) is 9.59 Å². The second-order valence-corrected chi connectivity index (χ2v) is 5.52. The lowest BCUT2D eigenvalue weighted by Gasteiger charge is -2.03. The van der Waals surface area contributed by atoms with Crippen molar-refractivity contribution in [3.05, 3.63) is 23.9 Å². The molecule has 0 aromatic carbocycles. The van der Waals surface area contributed by atoms with Crippen molar-refractivity contribution in [2.45, 2.75) is 18.4 Å². The summed E-state index contributed by atoms with van der Waals surface area (Å²) in [7, 11) is -3.48. The first-order valence-corrected chi connectivity index (χ1v) is 7.08. The molecule has 0 aliphatic carbocycles. The highest BCUT2D eigenvalue weighted by molar-refractivity contribution is 7.90. The van der Waals surface area contributed by atoms with E-state index in [1.165, 1.54) is 12.3 Å². The maximum absolute atomic E-state index is 11.7. The first kappa shape index (κ1) is 14.3. The summed E-state index contributed by atoms with van der Waals surface area (Å²) in [6, 6.07) is 2.51. The second kappa shape index (κ2) is 5.72. The number of carbonyl (C=O) groups excluding carboxylic acids is 2. The van der Waals surface area contributed by atoms with E-state index < -0.39 is 28.0 Å². The van der Waals surface area contributed by atoms with Gasteiger partial charge in [0.1, 0.15) is 6.42 Å². The highest BCUT2D eigenvalue weighted by Gasteiger charge is 2.16. The molecule has 0 atom stereocenters. The zero-order chi connectivity index (χ0) is 13.8. The van der Waals surface area contributed by atoms with E-state index in [-0.39, 0.29) is 17.2 Å². The summed E-state index contributed by atoms with van der Waals surface area (Å²) in [5.74, 6) is -1.14. The minimum atomic E-state index is -3.48. The highest BCUT2D eigenvalue weighted by atomic mass is 32.2. The van der Waals surface area contributed by atoms with Gasteiger partial charge in [0, 0.05) is 18.0 Å². The van der Waals surface area contributed by atoms with Gasteiger partial charge in [0.25, 0.3) is 0 Å². The van der Waals surface area contributed by atoms with Gasteiger partial charge >= 0.3 is 5.97 Å². The fourth-order valence-electron chi connectivity index (χ4n) is 1.23. The number of nitrogens with zero attached hydrogens (tertiary/aromatic N) is 1. The van der Waals surface area contributed by atoms with E-state index in [9.17, 15) is 18.0 Å². The molecule has 0 saturated heterocycles. The molecule has 0 N–H and O–H groups in total. The predicted octanol–water partition coefficient (Wildman–Crippen LogP) is 0.621. The predicted molar refractivity (Wildman–Crippen MR) is 62.9 cm³/mol. The minimum Gasteiger partial charge on any atom is -0.466 e. The molecule has 1 aromatic heterocycles. The number of ketones is 1. The van der Waals surface area contributed by atoms with Gasteiger partial charge in [-0.15, -0.1) is 0 Å². The normalized spacial score (nSPS) is 11.0. The van der Waals surface area contributed by atoms with Crippen molar-refractivity contribution in [3.63, 3.8) is 0 Å². The van der Waals surface area contributed by atoms with Crippen molar-refractivity contribution in [2.75, 3.05) is 12.9 Å². The molecule has 0 amide bonds. The molecular formula is C11H13NO5S. The summed E-state index contributed by atoms with van der Waals surface area (Å²) in [5.41, 5.74) is 0.124. The van der Waals surface area contributed by atoms with Crippen LogP contribution in [-0.4, -0.2) is 38.0 Å². The van der Waals surface area contributed by atoms with E-state index >= 15 is 0 Å². The van der Waals surface area contributed by atoms with Gasteiger partial charge in [0.2, 0.25) is 0 Å². The van der Waals surface area contributed by atoms with Crippen LogP contribution in [0.4, 0.5) is 0 Å². The Morgan fingerprint density at radius 1 is 1.39 bits per heavy atom. The third-order valence-corrected chi connectivity index (χ3v) is 3.03. The summed E-state index contributed by atoms with van der Waals surface area (Å²) in [6.07, 6.45) is 1.80. The van der Waals surface area contributed by atoms with E-state index in [1.54, 1.807) is 6.92 Å². The maximum Gasteiger partial charge on any atom is 0.313 e. The van der Waals surface area contributed by atoms with E-state index in [0.717, 1.165) is 12.3 Å². The average Bonchev–Trinajstić information content (AvgIpc) is 2.28. The first-order valence-electron chi connectivity index (χ1n) is 5.19. The van der Waals surface area contributed by atoms with Crippen LogP contribution in [0.3, 0.4) is 0 Å². The number of carbonyl (C=O) groups is 2. The molecule has 1 aromatic rings. The monoisotopic (exact) mass is 271 g/mol. The van der Waals surface area contributed by atoms with Gasteiger partial charge in [0.05, 0.1) is 6.61 Å². The highest BCUT2D eigenvalue weighted by Crippen LogP contribution is 2.10. The van der Waals surface area contributed by atoms with Crippen LogP contribution >= 0.6 is 0 Å². The van der Waals surface area contributed by atoms with Crippen molar-refractivity contribution in [1.82, 2.24) is 4.98 Å². The quantitative estimate of drug-likeness (QED) is 0.443. The molecule has 0 fully saturated rings. The zero-order valence-electron chi connectivity index (χ0n) is 10.0. The summed E-state index contributed by atoms with van der Waals surface area (Å²) in [6.45, 7) is 1.83. The van der Waals surface area contributed by atoms with E-state index in [0.29, 0.717) is 0 Å². The number of esters is 1. The van der Waals surface area contributed by atoms with Crippen LogP contribution in [-0.2, 0) is 19.4 Å². The van der Waals surface area contributed by atoms with Crippen molar-refractivity contribution in [1.29, 1.82) is 0 Å². The molecule has 1 heterocycles. The fraction of sp³-hybridized carbons (Fsp3) is 0.364. The lowest BCUT2D eigenvalue weighted by Crippen LogP contribution is -2.12. The van der Waals surface area contributed by atoms with Crippen LogP contribution in [0.15, 0.2) is 23.4 Å². The largest absolute Gasteiger partial charge is 0.466 e. The Hall–Kier alpha value is -1.76. The number of ether oxygens (including phenoxy) is 1. The molecule has 0 radical (unpaired) electrons. The summed E-state index contributed by atoms with van der Waals surface area (Å²) >= 11 is 0. The smallest absolute Gasteiger partial charge is 0.313 e. The first-order chi connectivity index (χ1) is 8.34. The Morgan fingerprint density at radius 2 is 2.06 bits per heavy atom. The molecule has 0 aliphatic rings. The average molecular weight is 271 g/mol. The topological polar surface area (TPSA) is 90.4 Å². The van der Waals surface area contributed by atoms with Gasteiger partial charge in [-0.05, 0) is 19.1 Å². The third-order valence-electron chi connectivity index (χ3n) is 2.05. The standard InChI is InChI=1S/C11H13NO5S/c1-3-17-11(14)7-9(13)8-4-5-12-10(6-8)18(2,15)16/h4-6H,3,7H2,1-2H3. The van der Waals surface area contributed by atoms with Crippen LogP contribution in [0.25, 0.3) is 0 Å². The van der Waals surface area contributed by atoms with Crippen molar-refractivity contribution in [2.24, 2.45) is 0 Å². The van der Waals surface area contributed by atoms with Crippen LogP contribution in [0.2, 0.25) is 0 Å². The number of aromatic nitrogens is 1. The summed E-state index contributed by atoms with van der Waals surface area (Å²) in [4.78, 5) is 26.5. The second-order valence-electron chi connectivity index (χ2n) is 3.56. The number of hydrogen-bond donors (Lipinski definition) is 0. The SMILES string of the molecule is CCOC(=O)CC(=O)c1ccnc(S(C)(=O)=O)c1. The van der Waals surface area contributed by atoms with Gasteiger partial charge in [0.15, 0.2) is 20.6 Å². The molecule has 7 heteroatoms. The molecule has 1 rings (SSSR count). The van der Waals surface area contributed by atoms with Crippen molar-refractivity contribution in [3.8, 4) is 0 Å². The molecule has 0 bridgehead atoms. The van der Waals surface area contributed by atoms with Crippen LogP contribution in [0.1, 0.15) is 23.7 Å². The Morgan fingerprint density at radius 3 is 2.61 bits per heavy atom. The van der Waals surface area contributed by atoms with Gasteiger partial charge in [-0.2, -0.15) is 0 Å². The van der Waals surface area contributed by atoms with Crippen molar-refractivity contribution >= 4 is 21.6 Å². The Bertz CT molecular complexity index is 565. The lowest BCUT2D eigenvalue weighted by atomic mass is 10.1. The molecule has 0 unspecified atom stereocenters. The Kier molecular flexibility index (Phi) is 4.55. The third kappa shape index (κ3) is 3.92. The molecule has 18 heavy (non-hydrogen) atoms. The number of hydrogen-bond acceptors (Lipinski definition) is 6. The van der Waals surface area contributed by atoms with Crippen LogP contribution in [0, 0.1) is 0 Å². The van der Waals surface area contributed by atoms with Crippen molar-refractivity contribution < 1.29 is 22.7 Å². The molecule has 0 spiro atoms.